The number of nitrogens with one attached hydrogen (secondary N) is 1. The zero-order valence-corrected chi connectivity index (χ0v) is 14.8. The van der Waals surface area contributed by atoms with E-state index in [4.69, 9.17) is 4.74 Å². The number of carbonyl (C=O) groups is 2. The van der Waals surface area contributed by atoms with Crippen LogP contribution in [0.3, 0.4) is 0 Å². The highest BCUT2D eigenvalue weighted by Gasteiger charge is 2.36. The van der Waals surface area contributed by atoms with Gasteiger partial charge in [0.2, 0.25) is 5.91 Å². The molecule has 5 nitrogen and oxygen atoms in total. The summed E-state index contributed by atoms with van der Waals surface area (Å²) in [4.78, 5) is 23.9. The molecular formula is C20H22FNO4. The zero-order chi connectivity index (χ0) is 19.2. The maximum atomic E-state index is 13.1. The number of rotatable bonds is 8. The summed E-state index contributed by atoms with van der Waals surface area (Å²) in [5.41, 5.74) is -0.224. The lowest BCUT2D eigenvalue weighted by Crippen LogP contribution is -2.49. The lowest BCUT2D eigenvalue weighted by Gasteiger charge is -2.27. The molecule has 138 valence electrons. The molecule has 2 N–H and O–H groups in total. The third kappa shape index (κ3) is 4.81. The minimum atomic E-state index is -1.61. The summed E-state index contributed by atoms with van der Waals surface area (Å²) in [5, 5.41) is 12.1. The quantitative estimate of drug-likeness (QED) is 0.758. The van der Waals surface area contributed by atoms with Crippen molar-refractivity contribution >= 4 is 11.9 Å². The van der Waals surface area contributed by atoms with Gasteiger partial charge in [0.05, 0.1) is 7.11 Å². The lowest BCUT2D eigenvalue weighted by molar-refractivity contribution is -0.147. The van der Waals surface area contributed by atoms with Crippen LogP contribution in [-0.2, 0) is 21.5 Å². The Hall–Kier alpha value is -2.89. The Labute approximate surface area is 151 Å². The number of amides is 1. The van der Waals surface area contributed by atoms with Gasteiger partial charge in [0.15, 0.2) is 5.54 Å². The molecule has 2 aromatic rings. The van der Waals surface area contributed by atoms with Crippen LogP contribution in [0.15, 0.2) is 48.5 Å². The van der Waals surface area contributed by atoms with Crippen LogP contribution in [0.25, 0.3) is 0 Å². The molecule has 1 amide bonds. The second-order valence-electron chi connectivity index (χ2n) is 6.19. The minimum Gasteiger partial charge on any atom is -0.497 e. The smallest absolute Gasteiger partial charge is 0.333 e. The second-order valence-corrected chi connectivity index (χ2v) is 6.19. The van der Waals surface area contributed by atoms with Crippen molar-refractivity contribution in [2.75, 3.05) is 7.11 Å². The Balaban J connectivity index is 1.95. The zero-order valence-electron chi connectivity index (χ0n) is 14.8. The van der Waals surface area contributed by atoms with Crippen molar-refractivity contribution in [3.05, 3.63) is 65.5 Å². The highest BCUT2D eigenvalue weighted by molar-refractivity contribution is 5.87. The largest absolute Gasteiger partial charge is 0.497 e. The third-order valence-electron chi connectivity index (χ3n) is 4.27. The maximum Gasteiger partial charge on any atom is 0.333 e. The molecule has 6 heteroatoms. The van der Waals surface area contributed by atoms with E-state index in [-0.39, 0.29) is 12.3 Å². The predicted molar refractivity (Wildman–Crippen MR) is 95.5 cm³/mol. The number of carboxylic acids is 1. The number of aryl methyl sites for hydroxylation is 1. The summed E-state index contributed by atoms with van der Waals surface area (Å²) >= 11 is 0. The Kier molecular flexibility index (Phi) is 6.33. The fourth-order valence-electron chi connectivity index (χ4n) is 2.62. The van der Waals surface area contributed by atoms with Crippen molar-refractivity contribution in [3.8, 4) is 5.75 Å². The van der Waals surface area contributed by atoms with E-state index in [1.54, 1.807) is 7.11 Å². The molecule has 0 saturated carbocycles. The van der Waals surface area contributed by atoms with Gasteiger partial charge >= 0.3 is 5.97 Å². The van der Waals surface area contributed by atoms with Crippen LogP contribution in [-0.4, -0.2) is 24.1 Å². The number of aliphatic carboxylic acids is 1. The van der Waals surface area contributed by atoms with Gasteiger partial charge in [0, 0.05) is 6.42 Å². The molecule has 2 aromatic carbocycles. The van der Waals surface area contributed by atoms with Gasteiger partial charge in [-0.2, -0.15) is 0 Å². The van der Waals surface area contributed by atoms with Gasteiger partial charge in [-0.15, -0.1) is 0 Å². The first-order valence-electron chi connectivity index (χ1n) is 8.28. The number of hydrogen-bond acceptors (Lipinski definition) is 3. The van der Waals surface area contributed by atoms with Crippen molar-refractivity contribution in [1.82, 2.24) is 5.32 Å². The summed E-state index contributed by atoms with van der Waals surface area (Å²) < 4.78 is 18.2. The molecule has 26 heavy (non-hydrogen) atoms. The van der Waals surface area contributed by atoms with Crippen molar-refractivity contribution in [1.29, 1.82) is 0 Å². The molecule has 0 aliphatic heterocycles. The molecule has 0 aliphatic rings. The highest BCUT2D eigenvalue weighted by atomic mass is 19.1. The number of carbonyl (C=O) groups excluding carboxylic acids is 1. The van der Waals surface area contributed by atoms with Crippen LogP contribution in [0.1, 0.15) is 30.9 Å². The Bertz CT molecular complexity index is 758. The summed E-state index contributed by atoms with van der Waals surface area (Å²) in [5.74, 6) is -1.27. The molecule has 1 unspecified atom stereocenters. The molecule has 0 aliphatic carbocycles. The lowest BCUT2D eigenvalue weighted by atomic mass is 9.91. The number of hydrogen-bond donors (Lipinski definition) is 2. The fourth-order valence-corrected chi connectivity index (χ4v) is 2.62. The van der Waals surface area contributed by atoms with Gasteiger partial charge < -0.3 is 15.2 Å². The third-order valence-corrected chi connectivity index (χ3v) is 4.27. The molecule has 0 fully saturated rings. The van der Waals surface area contributed by atoms with Crippen LogP contribution in [0.2, 0.25) is 0 Å². The monoisotopic (exact) mass is 359 g/mol. The van der Waals surface area contributed by atoms with Crippen LogP contribution < -0.4 is 10.1 Å². The van der Waals surface area contributed by atoms with E-state index in [9.17, 15) is 19.1 Å². The fraction of sp³-hybridized carbons (Fsp3) is 0.300. The second kappa shape index (κ2) is 8.47. The summed E-state index contributed by atoms with van der Waals surface area (Å²) in [7, 11) is 1.60. The summed E-state index contributed by atoms with van der Waals surface area (Å²) in [6.07, 6.45) is 1.46. The van der Waals surface area contributed by atoms with Gasteiger partial charge in [-0.1, -0.05) is 24.3 Å². The van der Waals surface area contributed by atoms with Crippen LogP contribution in [0, 0.1) is 5.82 Å². The van der Waals surface area contributed by atoms with Crippen molar-refractivity contribution in [2.45, 2.75) is 31.7 Å². The first-order chi connectivity index (χ1) is 12.3. The van der Waals surface area contributed by atoms with Gasteiger partial charge in [0.25, 0.3) is 0 Å². The molecule has 0 spiro atoms. The van der Waals surface area contributed by atoms with E-state index in [1.807, 2.05) is 24.3 Å². The maximum absolute atomic E-state index is 13.1. The van der Waals surface area contributed by atoms with E-state index in [1.165, 1.54) is 31.2 Å². The van der Waals surface area contributed by atoms with Crippen LogP contribution in [0.5, 0.6) is 5.75 Å². The number of halogens is 1. The van der Waals surface area contributed by atoms with E-state index in [0.29, 0.717) is 18.4 Å². The van der Waals surface area contributed by atoms with Crippen LogP contribution in [0.4, 0.5) is 4.39 Å². The molecule has 0 bridgehead atoms. The summed E-state index contributed by atoms with van der Waals surface area (Å²) in [6, 6.07) is 12.6. The van der Waals surface area contributed by atoms with Gasteiger partial charge in [0.1, 0.15) is 11.6 Å². The van der Waals surface area contributed by atoms with Crippen LogP contribution >= 0.6 is 0 Å². The average Bonchev–Trinajstić information content (AvgIpc) is 2.62. The van der Waals surface area contributed by atoms with E-state index < -0.39 is 17.3 Å². The molecule has 0 saturated heterocycles. The first-order valence-corrected chi connectivity index (χ1v) is 8.28. The molecule has 0 radical (unpaired) electrons. The van der Waals surface area contributed by atoms with Crippen molar-refractivity contribution in [3.63, 3.8) is 0 Å². The van der Waals surface area contributed by atoms with E-state index in [0.717, 1.165) is 11.3 Å². The topological polar surface area (TPSA) is 75.6 Å². The average molecular weight is 359 g/mol. The van der Waals surface area contributed by atoms with E-state index in [2.05, 4.69) is 5.32 Å². The molecule has 2 rings (SSSR count). The summed E-state index contributed by atoms with van der Waals surface area (Å²) in [6.45, 7) is 1.39. The number of carboxylic acid groups (broad SMARTS) is 1. The SMILES string of the molecule is COc1ccc(CCCC(=O)NC(C)(C(=O)O)c2ccc(F)cc2)cc1. The highest BCUT2D eigenvalue weighted by Crippen LogP contribution is 2.22. The van der Waals surface area contributed by atoms with Gasteiger partial charge in [-0.25, -0.2) is 9.18 Å². The van der Waals surface area contributed by atoms with Crippen molar-refractivity contribution in [2.24, 2.45) is 0 Å². The van der Waals surface area contributed by atoms with Crippen molar-refractivity contribution < 1.29 is 23.8 Å². The Morgan fingerprint density at radius 3 is 2.27 bits per heavy atom. The Morgan fingerprint density at radius 1 is 1.12 bits per heavy atom. The first kappa shape index (κ1) is 19.4. The number of ether oxygens (including phenoxy) is 1. The van der Waals surface area contributed by atoms with Gasteiger partial charge in [-0.3, -0.25) is 4.79 Å². The molecule has 1 atom stereocenters. The standard InChI is InChI=1S/C20H22FNO4/c1-20(19(24)25,15-8-10-16(21)11-9-15)22-18(23)5-3-4-14-6-12-17(26-2)13-7-14/h6-13H,3-5H2,1-2H3,(H,22,23)(H,24,25). The minimum absolute atomic E-state index is 0.191. The number of methoxy groups -OCH3 is 1. The Morgan fingerprint density at radius 2 is 1.73 bits per heavy atom. The predicted octanol–water partition coefficient (Wildman–Crippen LogP) is 3.27. The molecule has 0 aromatic heterocycles. The molecular weight excluding hydrogens is 337 g/mol. The van der Waals surface area contributed by atoms with Gasteiger partial charge in [-0.05, 0) is 55.2 Å². The molecule has 0 heterocycles. The van der Waals surface area contributed by atoms with E-state index >= 15 is 0 Å². The number of benzene rings is 2. The normalized spacial score (nSPS) is 12.9.